The van der Waals surface area contributed by atoms with Crippen LogP contribution in [0.15, 0.2) is 25.0 Å². The summed E-state index contributed by atoms with van der Waals surface area (Å²) in [5, 5.41) is 2.67. The Kier molecular flexibility index (Phi) is 6.69. The van der Waals surface area contributed by atoms with Gasteiger partial charge in [0.15, 0.2) is 0 Å². The van der Waals surface area contributed by atoms with Gasteiger partial charge in [0.25, 0.3) is 0 Å². The topological polar surface area (TPSA) is 37.8 Å². The second kappa shape index (κ2) is 6.64. The van der Waals surface area contributed by atoms with Crippen molar-refractivity contribution in [1.29, 1.82) is 0 Å². The Labute approximate surface area is 128 Å². The number of hydrogen-bond acceptors (Lipinski definition) is 3. The second-order valence-corrected chi connectivity index (χ2v) is 2.58. The van der Waals surface area contributed by atoms with E-state index >= 15 is 0 Å². The smallest absolute Gasteiger partial charge is 0.445 e. The maximum atomic E-state index is 12.1. The van der Waals surface area contributed by atoms with Crippen molar-refractivity contribution < 1.29 is 64.3 Å². The Balaban J connectivity index is 0.00000196. The van der Waals surface area contributed by atoms with Gasteiger partial charge in [0.2, 0.25) is 5.95 Å². The Bertz CT molecular complexity index is 314. The van der Waals surface area contributed by atoms with E-state index in [1.54, 1.807) is 6.08 Å². The van der Waals surface area contributed by atoms with Gasteiger partial charge in [-0.05, 0) is 0 Å². The zero-order chi connectivity index (χ0) is 10.6. The molecule has 15 heavy (non-hydrogen) atoms. The van der Waals surface area contributed by atoms with E-state index in [4.69, 9.17) is 0 Å². The van der Waals surface area contributed by atoms with Crippen molar-refractivity contribution in [2.45, 2.75) is 0 Å². The molecule has 0 unspecified atom stereocenters. The quantitative estimate of drug-likeness (QED) is 0.496. The first-order chi connectivity index (χ1) is 6.54. The van der Waals surface area contributed by atoms with Gasteiger partial charge in [0.05, 0.1) is 0 Å². The van der Waals surface area contributed by atoms with Crippen LogP contribution in [-0.2, 0) is 0 Å². The molecule has 0 saturated carbocycles. The van der Waals surface area contributed by atoms with Crippen LogP contribution in [0.1, 0.15) is 0 Å². The van der Waals surface area contributed by atoms with Crippen molar-refractivity contribution >= 4 is 18.4 Å². The Hall–Kier alpha value is 0.111. The van der Waals surface area contributed by atoms with Gasteiger partial charge in [-0.3, -0.25) is 0 Å². The molecule has 0 spiro atoms. The standard InChI is InChI=1S/C7H8BF3N3.K/c1-2-3-12-7-13-4-6(5-14-7)8(9,10)11;/h2,4-5H,1,3H2,(H,12,13,14);/q-1;+1. The van der Waals surface area contributed by atoms with Crippen molar-refractivity contribution in [2.24, 2.45) is 0 Å². The summed E-state index contributed by atoms with van der Waals surface area (Å²) >= 11 is 0. The Morgan fingerprint density at radius 3 is 2.27 bits per heavy atom. The fourth-order valence-electron chi connectivity index (χ4n) is 0.762. The maximum absolute atomic E-state index is 12.1. The molecule has 1 aromatic heterocycles. The van der Waals surface area contributed by atoms with E-state index in [0.29, 0.717) is 6.54 Å². The normalized spacial score (nSPS) is 10.3. The van der Waals surface area contributed by atoms with E-state index in [1.165, 1.54) is 0 Å². The zero-order valence-electron chi connectivity index (χ0n) is 8.25. The van der Waals surface area contributed by atoms with Crippen LogP contribution in [0.3, 0.4) is 0 Å². The molecule has 0 amide bonds. The molecule has 1 heterocycles. The first-order valence-corrected chi connectivity index (χ1v) is 3.90. The molecule has 3 nitrogen and oxygen atoms in total. The summed E-state index contributed by atoms with van der Waals surface area (Å²) < 4.78 is 36.4. The molecular weight excluding hydrogens is 233 g/mol. The summed E-state index contributed by atoms with van der Waals surface area (Å²) in [7, 11) is 0. The molecule has 0 aliphatic heterocycles. The largest absolute Gasteiger partial charge is 1.00 e. The summed E-state index contributed by atoms with van der Waals surface area (Å²) in [6.07, 6.45) is 3.09. The summed E-state index contributed by atoms with van der Waals surface area (Å²) in [5.41, 5.74) is -0.797. The van der Waals surface area contributed by atoms with Crippen LogP contribution in [0, 0.1) is 0 Å². The Morgan fingerprint density at radius 1 is 1.33 bits per heavy atom. The first kappa shape index (κ1) is 15.1. The minimum absolute atomic E-state index is 0. The Morgan fingerprint density at radius 2 is 1.87 bits per heavy atom. The van der Waals surface area contributed by atoms with Crippen LogP contribution >= 0.6 is 0 Å². The van der Waals surface area contributed by atoms with Gasteiger partial charge >= 0.3 is 58.4 Å². The summed E-state index contributed by atoms with van der Waals surface area (Å²) in [5.74, 6) is 0.161. The molecular formula is C7H8BF3KN3. The predicted octanol–water partition coefficient (Wildman–Crippen LogP) is -1.87. The number of rotatable bonds is 4. The molecule has 1 N–H and O–H groups in total. The van der Waals surface area contributed by atoms with Crippen LogP contribution in [0.25, 0.3) is 0 Å². The summed E-state index contributed by atoms with van der Waals surface area (Å²) in [4.78, 5) is 7.02. The molecule has 0 aliphatic carbocycles. The summed E-state index contributed by atoms with van der Waals surface area (Å²) in [6.45, 7) is -1.16. The van der Waals surface area contributed by atoms with Gasteiger partial charge in [-0.2, -0.15) is 0 Å². The van der Waals surface area contributed by atoms with E-state index in [0.717, 1.165) is 12.4 Å². The van der Waals surface area contributed by atoms with Crippen LogP contribution in [0.5, 0.6) is 0 Å². The number of anilines is 1. The monoisotopic (exact) mass is 241 g/mol. The molecule has 0 saturated heterocycles. The van der Waals surface area contributed by atoms with Crippen LogP contribution in [-0.4, -0.2) is 23.5 Å². The number of nitrogens with one attached hydrogen (secondary N) is 1. The number of nitrogens with zero attached hydrogens (tertiary/aromatic N) is 2. The SMILES string of the molecule is C=CCNc1ncc([B-](F)(F)F)cn1.[K+]. The third kappa shape index (κ3) is 5.12. The molecule has 1 rings (SSSR count). The number of halogens is 3. The van der Waals surface area contributed by atoms with Crippen LogP contribution in [0.4, 0.5) is 18.9 Å². The van der Waals surface area contributed by atoms with Gasteiger partial charge in [-0.25, -0.2) is 9.97 Å². The number of hydrogen-bond donors (Lipinski definition) is 1. The fraction of sp³-hybridized carbons (Fsp3) is 0.143. The molecule has 0 bridgehead atoms. The third-order valence-electron chi connectivity index (χ3n) is 1.45. The van der Waals surface area contributed by atoms with E-state index in [1.807, 2.05) is 0 Å². The predicted molar refractivity (Wildman–Crippen MR) is 49.4 cm³/mol. The minimum Gasteiger partial charge on any atom is -0.445 e. The van der Waals surface area contributed by atoms with Crippen molar-refractivity contribution in [2.75, 3.05) is 11.9 Å². The van der Waals surface area contributed by atoms with Gasteiger partial charge in [-0.15, -0.1) is 6.58 Å². The van der Waals surface area contributed by atoms with Gasteiger partial charge < -0.3 is 18.3 Å². The molecule has 0 radical (unpaired) electrons. The molecule has 8 heteroatoms. The fourth-order valence-corrected chi connectivity index (χ4v) is 0.762. The molecule has 0 aromatic carbocycles. The second-order valence-electron chi connectivity index (χ2n) is 2.58. The van der Waals surface area contributed by atoms with Crippen molar-refractivity contribution in [3.63, 3.8) is 0 Å². The molecule has 1 aromatic rings. The molecule has 0 atom stereocenters. The van der Waals surface area contributed by atoms with Gasteiger partial charge in [0.1, 0.15) is 0 Å². The van der Waals surface area contributed by atoms with E-state index in [9.17, 15) is 12.9 Å². The number of aromatic nitrogens is 2. The summed E-state index contributed by atoms with van der Waals surface area (Å²) in [6, 6.07) is 0. The maximum Gasteiger partial charge on any atom is 1.00 e. The molecule has 76 valence electrons. The van der Waals surface area contributed by atoms with Gasteiger partial charge in [0, 0.05) is 18.9 Å². The third-order valence-corrected chi connectivity index (χ3v) is 1.45. The average Bonchev–Trinajstić information content (AvgIpc) is 2.14. The van der Waals surface area contributed by atoms with Crippen LogP contribution < -0.4 is 62.2 Å². The van der Waals surface area contributed by atoms with Gasteiger partial charge in [-0.1, -0.05) is 11.5 Å². The van der Waals surface area contributed by atoms with Crippen molar-refractivity contribution in [3.05, 3.63) is 25.0 Å². The van der Waals surface area contributed by atoms with Crippen molar-refractivity contribution in [3.8, 4) is 0 Å². The van der Waals surface area contributed by atoms with Crippen molar-refractivity contribution in [1.82, 2.24) is 9.97 Å². The first-order valence-electron chi connectivity index (χ1n) is 3.90. The molecule has 0 fully saturated rings. The average molecular weight is 241 g/mol. The minimum atomic E-state index is -5.01. The molecule has 0 aliphatic rings. The zero-order valence-corrected chi connectivity index (χ0v) is 11.4. The van der Waals surface area contributed by atoms with E-state index in [2.05, 4.69) is 21.9 Å². The van der Waals surface area contributed by atoms with Crippen LogP contribution in [0.2, 0.25) is 0 Å². The van der Waals surface area contributed by atoms with E-state index < -0.39 is 12.4 Å². The van der Waals surface area contributed by atoms with E-state index in [-0.39, 0.29) is 57.3 Å².